The number of hydrogen-bond donors (Lipinski definition) is 2. The smallest absolute Gasteiger partial charge is 0.191 e. The third-order valence-corrected chi connectivity index (χ3v) is 5.96. The first-order valence-corrected chi connectivity index (χ1v) is 10.8. The molecule has 1 aromatic carbocycles. The normalized spacial score (nSPS) is 16.8. The van der Waals surface area contributed by atoms with Gasteiger partial charge in [-0.05, 0) is 18.6 Å². The number of thiazole rings is 1. The Labute approximate surface area is 179 Å². The predicted octanol–water partition coefficient (Wildman–Crippen LogP) is 3.80. The summed E-state index contributed by atoms with van der Waals surface area (Å²) in [6.45, 7) is 2.39. The van der Waals surface area contributed by atoms with Crippen LogP contribution in [0.1, 0.15) is 11.4 Å². The Morgan fingerprint density at radius 2 is 2.14 bits per heavy atom. The summed E-state index contributed by atoms with van der Waals surface area (Å²) in [5, 5.41) is 10.7. The molecule has 0 radical (unpaired) electrons. The summed E-state index contributed by atoms with van der Waals surface area (Å²) >= 11 is 7.93. The molecule has 0 aliphatic carbocycles. The second-order valence-corrected chi connectivity index (χ2v) is 8.15. The molecule has 1 fully saturated rings. The molecular formula is C21H23ClN6S. The van der Waals surface area contributed by atoms with Gasteiger partial charge in [0.1, 0.15) is 10.8 Å². The molecule has 3 aromatic rings. The third-order valence-electron chi connectivity index (χ3n) is 4.82. The Morgan fingerprint density at radius 1 is 1.28 bits per heavy atom. The summed E-state index contributed by atoms with van der Waals surface area (Å²) in [6.07, 6.45) is 2.78. The van der Waals surface area contributed by atoms with Crippen molar-refractivity contribution in [1.82, 2.24) is 20.6 Å². The number of aliphatic imine (C=N–C) groups is 1. The van der Waals surface area contributed by atoms with Crippen molar-refractivity contribution < 1.29 is 0 Å². The van der Waals surface area contributed by atoms with Crippen LogP contribution in [-0.4, -0.2) is 42.1 Å². The van der Waals surface area contributed by atoms with Crippen LogP contribution in [0.25, 0.3) is 11.3 Å². The van der Waals surface area contributed by atoms with Crippen molar-refractivity contribution in [3.63, 3.8) is 0 Å². The van der Waals surface area contributed by atoms with Crippen molar-refractivity contribution in [2.75, 3.05) is 25.0 Å². The van der Waals surface area contributed by atoms with Gasteiger partial charge >= 0.3 is 0 Å². The van der Waals surface area contributed by atoms with Gasteiger partial charge in [0.05, 0.1) is 17.3 Å². The van der Waals surface area contributed by atoms with Gasteiger partial charge in [-0.1, -0.05) is 41.9 Å². The van der Waals surface area contributed by atoms with Gasteiger partial charge in [-0.15, -0.1) is 11.3 Å². The number of pyridine rings is 1. The summed E-state index contributed by atoms with van der Waals surface area (Å²) in [6, 6.07) is 14.2. The monoisotopic (exact) mass is 426 g/mol. The molecule has 0 bridgehead atoms. The van der Waals surface area contributed by atoms with Crippen molar-refractivity contribution in [2.45, 2.75) is 19.0 Å². The summed E-state index contributed by atoms with van der Waals surface area (Å²) in [7, 11) is 1.79. The second-order valence-electron chi connectivity index (χ2n) is 6.80. The van der Waals surface area contributed by atoms with E-state index in [1.54, 1.807) is 24.6 Å². The van der Waals surface area contributed by atoms with E-state index in [2.05, 4.69) is 43.0 Å². The number of aromatic nitrogens is 2. The molecule has 29 heavy (non-hydrogen) atoms. The van der Waals surface area contributed by atoms with Crippen LogP contribution >= 0.6 is 22.9 Å². The Kier molecular flexibility index (Phi) is 6.27. The number of guanidine groups is 1. The highest BCUT2D eigenvalue weighted by Crippen LogP contribution is 2.26. The van der Waals surface area contributed by atoms with Gasteiger partial charge in [0.25, 0.3) is 0 Å². The van der Waals surface area contributed by atoms with Crippen LogP contribution in [0.3, 0.4) is 0 Å². The minimum absolute atomic E-state index is 0.287. The molecule has 2 aromatic heterocycles. The van der Waals surface area contributed by atoms with Crippen LogP contribution in [0.15, 0.2) is 59.0 Å². The lowest BCUT2D eigenvalue weighted by Gasteiger charge is -2.20. The molecule has 1 saturated heterocycles. The number of anilines is 1. The molecule has 1 atom stereocenters. The van der Waals surface area contributed by atoms with Crippen molar-refractivity contribution in [3.8, 4) is 11.3 Å². The molecular weight excluding hydrogens is 404 g/mol. The van der Waals surface area contributed by atoms with Crippen LogP contribution in [-0.2, 0) is 6.54 Å². The largest absolute Gasteiger partial charge is 0.353 e. The highest BCUT2D eigenvalue weighted by Gasteiger charge is 2.25. The Balaban J connectivity index is 1.31. The minimum atomic E-state index is 0.287. The molecule has 0 amide bonds. The molecule has 4 rings (SSSR count). The number of nitrogens with zero attached hydrogens (tertiary/aromatic N) is 4. The lowest BCUT2D eigenvalue weighted by Crippen LogP contribution is -2.44. The molecule has 2 N–H and O–H groups in total. The molecule has 1 aliphatic heterocycles. The minimum Gasteiger partial charge on any atom is -0.353 e. The predicted molar refractivity (Wildman–Crippen MR) is 121 cm³/mol. The van der Waals surface area contributed by atoms with Crippen LogP contribution in [0, 0.1) is 0 Å². The maximum Gasteiger partial charge on any atom is 0.191 e. The van der Waals surface area contributed by atoms with Gasteiger partial charge in [-0.2, -0.15) is 0 Å². The van der Waals surface area contributed by atoms with Crippen LogP contribution in [0.4, 0.5) is 5.82 Å². The van der Waals surface area contributed by atoms with Crippen molar-refractivity contribution in [2.24, 2.45) is 4.99 Å². The van der Waals surface area contributed by atoms with Crippen LogP contribution < -0.4 is 15.5 Å². The standard InChI is InChI=1S/C21H23ClN6S/c1-23-21(25-12-19-27-18(14-29-19)15-6-3-2-4-7-15)26-16-9-11-28(13-16)20-17(22)8-5-10-24-20/h2-8,10,14,16H,9,11-13H2,1H3,(H2,23,25,26). The summed E-state index contributed by atoms with van der Waals surface area (Å²) < 4.78 is 0. The van der Waals surface area contributed by atoms with Crippen LogP contribution in [0.2, 0.25) is 5.02 Å². The Hall–Kier alpha value is -2.64. The summed E-state index contributed by atoms with van der Waals surface area (Å²) in [5.41, 5.74) is 2.14. The molecule has 8 heteroatoms. The van der Waals surface area contributed by atoms with Gasteiger partial charge in [-0.25, -0.2) is 9.97 Å². The van der Waals surface area contributed by atoms with Gasteiger partial charge in [0.2, 0.25) is 0 Å². The van der Waals surface area contributed by atoms with E-state index in [-0.39, 0.29) is 6.04 Å². The van der Waals surface area contributed by atoms with Gasteiger partial charge < -0.3 is 15.5 Å². The number of benzene rings is 1. The fraction of sp³-hybridized carbons (Fsp3) is 0.286. The molecule has 1 aliphatic rings. The lowest BCUT2D eigenvalue weighted by molar-refractivity contribution is 0.648. The first-order chi connectivity index (χ1) is 14.2. The van der Waals surface area contributed by atoms with Gasteiger partial charge in [0, 0.05) is 43.3 Å². The van der Waals surface area contributed by atoms with E-state index < -0.39 is 0 Å². The Bertz CT molecular complexity index is 974. The highest BCUT2D eigenvalue weighted by molar-refractivity contribution is 7.09. The number of nitrogens with one attached hydrogen (secondary N) is 2. The average molecular weight is 427 g/mol. The first-order valence-electron chi connectivity index (χ1n) is 9.55. The van der Waals surface area contributed by atoms with E-state index in [0.29, 0.717) is 11.6 Å². The molecule has 3 heterocycles. The SMILES string of the molecule is CN=C(NCc1nc(-c2ccccc2)cs1)NC1CCN(c2ncccc2Cl)C1. The molecule has 1 unspecified atom stereocenters. The fourth-order valence-corrected chi connectivity index (χ4v) is 4.35. The quantitative estimate of drug-likeness (QED) is 0.480. The fourth-order valence-electron chi connectivity index (χ4n) is 3.36. The third kappa shape index (κ3) is 4.86. The topological polar surface area (TPSA) is 65.4 Å². The molecule has 0 saturated carbocycles. The number of rotatable bonds is 5. The van der Waals surface area contributed by atoms with E-state index >= 15 is 0 Å². The van der Waals surface area contributed by atoms with Gasteiger partial charge in [0.15, 0.2) is 5.96 Å². The average Bonchev–Trinajstić information content (AvgIpc) is 3.42. The zero-order valence-electron chi connectivity index (χ0n) is 16.2. The van der Waals surface area contributed by atoms with Crippen molar-refractivity contribution >= 4 is 34.7 Å². The highest BCUT2D eigenvalue weighted by atomic mass is 35.5. The van der Waals surface area contributed by atoms with E-state index in [1.807, 2.05) is 30.3 Å². The van der Waals surface area contributed by atoms with Crippen molar-refractivity contribution in [1.29, 1.82) is 0 Å². The van der Waals surface area contributed by atoms with Crippen LogP contribution in [0.5, 0.6) is 0 Å². The second kappa shape index (κ2) is 9.24. The van der Waals surface area contributed by atoms with E-state index in [0.717, 1.165) is 47.6 Å². The maximum atomic E-state index is 6.28. The zero-order chi connectivity index (χ0) is 20.1. The van der Waals surface area contributed by atoms with E-state index in [4.69, 9.17) is 16.6 Å². The Morgan fingerprint density at radius 3 is 2.93 bits per heavy atom. The van der Waals surface area contributed by atoms with E-state index in [1.165, 1.54) is 0 Å². The van der Waals surface area contributed by atoms with E-state index in [9.17, 15) is 0 Å². The number of halogens is 1. The van der Waals surface area contributed by atoms with Gasteiger partial charge in [-0.3, -0.25) is 4.99 Å². The molecule has 150 valence electrons. The first kappa shape index (κ1) is 19.7. The van der Waals surface area contributed by atoms with Crippen molar-refractivity contribution in [3.05, 3.63) is 64.1 Å². The lowest BCUT2D eigenvalue weighted by atomic mass is 10.2. The number of hydrogen-bond acceptors (Lipinski definition) is 5. The summed E-state index contributed by atoms with van der Waals surface area (Å²) in [4.78, 5) is 15.7. The maximum absolute atomic E-state index is 6.28. The molecule has 0 spiro atoms. The summed E-state index contributed by atoms with van der Waals surface area (Å²) in [5.74, 6) is 1.62. The zero-order valence-corrected chi connectivity index (χ0v) is 17.7. The molecule has 6 nitrogen and oxygen atoms in total.